The van der Waals surface area contributed by atoms with Gasteiger partial charge in [-0.3, -0.25) is 25.5 Å². The van der Waals surface area contributed by atoms with Crippen molar-refractivity contribution in [1.29, 1.82) is 0 Å². The first kappa shape index (κ1) is 23.1. The fraction of sp³-hybridized carbons (Fsp3) is 0.190. The number of nitrogens with zero attached hydrogens (tertiary/aromatic N) is 1. The molecule has 3 aromatic rings. The third-order valence-electron chi connectivity index (χ3n) is 4.55. The van der Waals surface area contributed by atoms with Crippen LogP contribution in [0.4, 0.5) is 4.39 Å². The number of H-pyrrole nitrogens is 1. The molecule has 1 heterocycles. The number of hydrogen-bond acceptors (Lipinski definition) is 5. The third kappa shape index (κ3) is 5.37. The second kappa shape index (κ2) is 9.71. The fourth-order valence-corrected chi connectivity index (χ4v) is 4.27. The zero-order valence-electron chi connectivity index (χ0n) is 17.3. The number of amides is 2. The fourth-order valence-electron chi connectivity index (χ4n) is 2.84. The Kier molecular flexibility index (Phi) is 7.01. The molecule has 0 unspecified atom stereocenters. The Morgan fingerprint density at radius 1 is 1.00 bits per heavy atom. The van der Waals surface area contributed by atoms with Crippen LogP contribution >= 0.6 is 0 Å². The summed E-state index contributed by atoms with van der Waals surface area (Å²) in [6.07, 6.45) is 0. The van der Waals surface area contributed by atoms with Gasteiger partial charge in [-0.25, -0.2) is 12.8 Å². The van der Waals surface area contributed by atoms with Crippen molar-refractivity contribution < 1.29 is 22.4 Å². The number of rotatable bonds is 7. The van der Waals surface area contributed by atoms with Gasteiger partial charge in [0.1, 0.15) is 22.4 Å². The van der Waals surface area contributed by atoms with Gasteiger partial charge in [-0.1, -0.05) is 56.3 Å². The van der Waals surface area contributed by atoms with Crippen molar-refractivity contribution >= 4 is 21.8 Å². The highest BCUT2D eigenvalue weighted by atomic mass is 32.2. The Hall–Kier alpha value is -3.57. The van der Waals surface area contributed by atoms with Crippen molar-refractivity contribution in [3.8, 4) is 11.3 Å². The van der Waals surface area contributed by atoms with Crippen LogP contribution in [0.25, 0.3) is 11.3 Å². The molecule has 3 rings (SSSR count). The molecular formula is C21H22FN5O4S. The Balaban J connectivity index is 1.66. The predicted octanol–water partition coefficient (Wildman–Crippen LogP) is 1.98. The van der Waals surface area contributed by atoms with Crippen molar-refractivity contribution in [1.82, 2.24) is 25.8 Å². The first-order valence-electron chi connectivity index (χ1n) is 9.67. The Morgan fingerprint density at radius 2 is 1.66 bits per heavy atom. The summed E-state index contributed by atoms with van der Waals surface area (Å²) in [4.78, 5) is 24.3. The molecule has 4 N–H and O–H groups in total. The Labute approximate surface area is 184 Å². The van der Waals surface area contributed by atoms with Crippen LogP contribution in [0.5, 0.6) is 0 Å². The average Bonchev–Trinajstić information content (AvgIpc) is 3.27. The topological polar surface area (TPSA) is 133 Å². The van der Waals surface area contributed by atoms with Gasteiger partial charge in [0.2, 0.25) is 10.0 Å². The van der Waals surface area contributed by atoms with E-state index in [0.717, 1.165) is 17.7 Å². The summed E-state index contributed by atoms with van der Waals surface area (Å²) in [5, 5.41) is 6.64. The average molecular weight is 460 g/mol. The summed E-state index contributed by atoms with van der Waals surface area (Å²) in [6.45, 7) is 3.22. The number of halogens is 1. The minimum absolute atomic E-state index is 0.0946. The summed E-state index contributed by atoms with van der Waals surface area (Å²) in [7, 11) is -4.31. The predicted molar refractivity (Wildman–Crippen MR) is 115 cm³/mol. The standard InChI is InChI=1S/C21H22FN5O4S/c1-13(2)19(27-32(30,31)18-11-7-6-10-15(18)22)21(29)26-25-20(28)17-12-16(23-24-17)14-8-4-3-5-9-14/h3-13,19,27H,1-2H3,(H,23,24)(H,25,28)(H,26,29)/t19-/m0/s1. The number of hydrogen-bond donors (Lipinski definition) is 4. The summed E-state index contributed by atoms with van der Waals surface area (Å²) in [6, 6.07) is 14.3. The molecule has 0 aliphatic rings. The highest BCUT2D eigenvalue weighted by Gasteiger charge is 2.30. The molecule has 0 saturated carbocycles. The number of carbonyl (C=O) groups is 2. The first-order chi connectivity index (χ1) is 15.2. The number of aromatic amines is 1. The van der Waals surface area contributed by atoms with E-state index >= 15 is 0 Å². The molecule has 0 saturated heterocycles. The van der Waals surface area contributed by atoms with Crippen molar-refractivity contribution in [2.24, 2.45) is 5.92 Å². The number of nitrogens with one attached hydrogen (secondary N) is 4. The number of benzene rings is 2. The molecule has 168 valence electrons. The summed E-state index contributed by atoms with van der Waals surface area (Å²) >= 11 is 0. The quantitative estimate of drug-likeness (QED) is 0.401. The van der Waals surface area contributed by atoms with E-state index < -0.39 is 44.5 Å². The second-order valence-corrected chi connectivity index (χ2v) is 8.93. The van der Waals surface area contributed by atoms with Gasteiger partial charge in [0.25, 0.3) is 11.8 Å². The second-order valence-electron chi connectivity index (χ2n) is 7.25. The minimum atomic E-state index is -4.31. The van der Waals surface area contributed by atoms with E-state index in [1.807, 2.05) is 30.3 Å². The van der Waals surface area contributed by atoms with E-state index in [9.17, 15) is 22.4 Å². The third-order valence-corrected chi connectivity index (χ3v) is 6.02. The van der Waals surface area contributed by atoms with E-state index in [1.165, 1.54) is 18.2 Å². The van der Waals surface area contributed by atoms with Gasteiger partial charge >= 0.3 is 0 Å². The summed E-state index contributed by atoms with van der Waals surface area (Å²) in [5.74, 6) is -2.92. The maximum Gasteiger partial charge on any atom is 0.287 e. The van der Waals surface area contributed by atoms with Crippen molar-refractivity contribution in [3.63, 3.8) is 0 Å². The molecule has 0 aliphatic heterocycles. The first-order valence-corrected chi connectivity index (χ1v) is 11.1. The highest BCUT2D eigenvalue weighted by Crippen LogP contribution is 2.17. The SMILES string of the molecule is CC(C)[C@H](NS(=O)(=O)c1ccccc1F)C(=O)NNC(=O)c1cc(-c2ccccc2)n[nH]1. The molecule has 32 heavy (non-hydrogen) atoms. The zero-order chi connectivity index (χ0) is 23.3. The minimum Gasteiger partial charge on any atom is -0.272 e. The van der Waals surface area contributed by atoms with Crippen LogP contribution in [-0.2, 0) is 14.8 Å². The Morgan fingerprint density at radius 3 is 2.31 bits per heavy atom. The molecule has 1 atom stereocenters. The van der Waals surface area contributed by atoms with Gasteiger partial charge in [0.05, 0.1) is 5.69 Å². The lowest BCUT2D eigenvalue weighted by molar-refractivity contribution is -0.124. The van der Waals surface area contributed by atoms with Crippen LogP contribution in [0.15, 0.2) is 65.6 Å². The molecule has 11 heteroatoms. The Bertz CT molecular complexity index is 1210. The number of sulfonamides is 1. The maximum absolute atomic E-state index is 13.9. The van der Waals surface area contributed by atoms with E-state index in [0.29, 0.717) is 5.69 Å². The number of carbonyl (C=O) groups excluding carboxylic acids is 2. The van der Waals surface area contributed by atoms with Crippen molar-refractivity contribution in [2.75, 3.05) is 0 Å². The monoisotopic (exact) mass is 459 g/mol. The molecule has 2 aromatic carbocycles. The maximum atomic E-state index is 13.9. The van der Waals surface area contributed by atoms with Gasteiger partial charge in [-0.05, 0) is 24.1 Å². The molecule has 0 fully saturated rings. The smallest absolute Gasteiger partial charge is 0.272 e. The van der Waals surface area contributed by atoms with E-state index in [4.69, 9.17) is 0 Å². The molecule has 1 aromatic heterocycles. The number of aromatic nitrogens is 2. The van der Waals surface area contributed by atoms with E-state index in [-0.39, 0.29) is 5.69 Å². The molecule has 0 radical (unpaired) electrons. The van der Waals surface area contributed by atoms with Crippen LogP contribution in [-0.4, -0.2) is 36.5 Å². The molecule has 2 amide bonds. The van der Waals surface area contributed by atoms with Gasteiger partial charge in [-0.2, -0.15) is 9.82 Å². The largest absolute Gasteiger partial charge is 0.287 e. The highest BCUT2D eigenvalue weighted by molar-refractivity contribution is 7.89. The van der Waals surface area contributed by atoms with Crippen molar-refractivity contribution in [2.45, 2.75) is 24.8 Å². The molecule has 0 spiro atoms. The van der Waals surface area contributed by atoms with Crippen LogP contribution in [0.1, 0.15) is 24.3 Å². The van der Waals surface area contributed by atoms with Gasteiger partial charge < -0.3 is 0 Å². The van der Waals surface area contributed by atoms with E-state index in [2.05, 4.69) is 25.8 Å². The van der Waals surface area contributed by atoms with Crippen LogP contribution in [0, 0.1) is 11.7 Å². The molecule has 0 bridgehead atoms. The van der Waals surface area contributed by atoms with Crippen LogP contribution in [0.2, 0.25) is 0 Å². The lowest BCUT2D eigenvalue weighted by atomic mass is 10.1. The van der Waals surface area contributed by atoms with Gasteiger partial charge in [-0.15, -0.1) is 0 Å². The molecule has 0 aliphatic carbocycles. The lowest BCUT2D eigenvalue weighted by Gasteiger charge is -2.21. The van der Waals surface area contributed by atoms with Crippen LogP contribution < -0.4 is 15.6 Å². The lowest BCUT2D eigenvalue weighted by Crippen LogP contribution is -2.54. The molecule has 9 nitrogen and oxygen atoms in total. The van der Waals surface area contributed by atoms with Crippen molar-refractivity contribution in [3.05, 3.63) is 72.2 Å². The van der Waals surface area contributed by atoms with Gasteiger partial charge in [0, 0.05) is 5.56 Å². The van der Waals surface area contributed by atoms with E-state index in [1.54, 1.807) is 13.8 Å². The zero-order valence-corrected chi connectivity index (χ0v) is 18.1. The summed E-state index contributed by atoms with van der Waals surface area (Å²) < 4.78 is 41.2. The summed E-state index contributed by atoms with van der Waals surface area (Å²) in [5.41, 5.74) is 5.85. The van der Waals surface area contributed by atoms with Crippen LogP contribution in [0.3, 0.4) is 0 Å². The number of hydrazine groups is 1. The molecular weight excluding hydrogens is 437 g/mol. The van der Waals surface area contributed by atoms with Gasteiger partial charge in [0.15, 0.2) is 0 Å². The normalized spacial score (nSPS) is 12.4.